The van der Waals surface area contributed by atoms with E-state index in [4.69, 9.17) is 0 Å². The molecule has 0 aromatic heterocycles. The highest BCUT2D eigenvalue weighted by Crippen LogP contribution is 2.29. The lowest BCUT2D eigenvalue weighted by Gasteiger charge is -2.31. The van der Waals surface area contributed by atoms with Crippen molar-refractivity contribution >= 4 is 27.3 Å². The molecule has 1 aromatic rings. The third-order valence-corrected chi connectivity index (χ3v) is 3.79. The van der Waals surface area contributed by atoms with Crippen LogP contribution < -0.4 is 4.90 Å². The van der Waals surface area contributed by atoms with Gasteiger partial charge in [0.25, 0.3) is 5.69 Å². The van der Waals surface area contributed by atoms with E-state index in [9.17, 15) is 10.1 Å². The minimum Gasteiger partial charge on any atom is -0.369 e. The van der Waals surface area contributed by atoms with Crippen LogP contribution in [0.2, 0.25) is 0 Å². The highest BCUT2D eigenvalue weighted by molar-refractivity contribution is 9.08. The molecule has 0 heterocycles. The number of nitrogens with zero attached hydrogens (tertiary/aromatic N) is 2. The van der Waals surface area contributed by atoms with Crippen molar-refractivity contribution in [2.75, 3.05) is 11.4 Å². The van der Waals surface area contributed by atoms with Gasteiger partial charge in [-0.3, -0.25) is 10.1 Å². The summed E-state index contributed by atoms with van der Waals surface area (Å²) >= 11 is 3.41. The minimum absolute atomic E-state index is 0.147. The fourth-order valence-electron chi connectivity index (χ4n) is 2.01. The molecule has 4 nitrogen and oxygen atoms in total. The van der Waals surface area contributed by atoms with Crippen molar-refractivity contribution in [3.05, 3.63) is 33.9 Å². The van der Waals surface area contributed by atoms with Gasteiger partial charge in [0.1, 0.15) is 0 Å². The van der Waals surface area contributed by atoms with Crippen LogP contribution in [0.3, 0.4) is 0 Å². The number of alkyl halides is 1. The Bertz CT molecular complexity index is 423. The fraction of sp³-hybridized carbons (Fsp3) is 0.538. The largest absolute Gasteiger partial charge is 0.369 e. The van der Waals surface area contributed by atoms with Crippen LogP contribution in [0, 0.1) is 10.1 Å². The van der Waals surface area contributed by atoms with E-state index in [2.05, 4.69) is 41.6 Å². The molecule has 100 valence electrons. The van der Waals surface area contributed by atoms with Gasteiger partial charge >= 0.3 is 0 Å². The quantitative estimate of drug-likeness (QED) is 0.451. The third-order valence-electron chi connectivity index (χ3n) is 3.19. The lowest BCUT2D eigenvalue weighted by Crippen LogP contribution is -2.32. The monoisotopic (exact) mass is 314 g/mol. The van der Waals surface area contributed by atoms with E-state index in [1.165, 1.54) is 0 Å². The minimum atomic E-state index is -0.352. The molecule has 0 fully saturated rings. The first-order chi connectivity index (χ1) is 8.54. The van der Waals surface area contributed by atoms with E-state index in [1.807, 2.05) is 6.07 Å². The summed E-state index contributed by atoms with van der Waals surface area (Å²) in [6.45, 7) is 7.31. The number of hydrogen-bond donors (Lipinski definition) is 0. The molecule has 18 heavy (non-hydrogen) atoms. The van der Waals surface area contributed by atoms with E-state index >= 15 is 0 Å². The van der Waals surface area contributed by atoms with Crippen molar-refractivity contribution in [1.29, 1.82) is 0 Å². The average Bonchev–Trinajstić information content (AvgIpc) is 2.39. The molecular weight excluding hydrogens is 296 g/mol. The second-order valence-corrected chi connectivity index (χ2v) is 4.81. The molecule has 0 amide bonds. The average molecular weight is 315 g/mol. The Kier molecular flexibility index (Phi) is 5.59. The van der Waals surface area contributed by atoms with Crippen LogP contribution in [0.4, 0.5) is 11.4 Å². The third kappa shape index (κ3) is 3.22. The lowest BCUT2D eigenvalue weighted by atomic mass is 10.1. The topological polar surface area (TPSA) is 46.4 Å². The number of anilines is 1. The summed E-state index contributed by atoms with van der Waals surface area (Å²) in [5, 5.41) is 11.4. The molecule has 0 aliphatic heterocycles. The van der Waals surface area contributed by atoms with Crippen LogP contribution in [0.15, 0.2) is 18.2 Å². The molecule has 1 unspecified atom stereocenters. The van der Waals surface area contributed by atoms with Crippen molar-refractivity contribution in [2.45, 2.75) is 38.6 Å². The molecule has 0 radical (unpaired) electrons. The SMILES string of the molecule is CCC(C)N(CC)c1ccc([N+](=O)[O-])cc1CBr. The maximum atomic E-state index is 10.8. The summed E-state index contributed by atoms with van der Waals surface area (Å²) in [6.07, 6.45) is 1.05. The van der Waals surface area contributed by atoms with Crippen molar-refractivity contribution < 1.29 is 4.92 Å². The van der Waals surface area contributed by atoms with Crippen molar-refractivity contribution in [1.82, 2.24) is 0 Å². The Morgan fingerprint density at radius 3 is 2.56 bits per heavy atom. The molecule has 1 atom stereocenters. The van der Waals surface area contributed by atoms with E-state index < -0.39 is 0 Å². The molecular formula is C13H19BrN2O2. The zero-order valence-electron chi connectivity index (χ0n) is 11.0. The summed E-state index contributed by atoms with van der Waals surface area (Å²) < 4.78 is 0. The second kappa shape index (κ2) is 6.73. The Morgan fingerprint density at radius 2 is 2.11 bits per heavy atom. The normalized spacial score (nSPS) is 12.2. The van der Waals surface area contributed by atoms with Gasteiger partial charge in [0.2, 0.25) is 0 Å². The molecule has 1 rings (SSSR count). The summed E-state index contributed by atoms with van der Waals surface area (Å²) in [7, 11) is 0. The van der Waals surface area contributed by atoms with Crippen molar-refractivity contribution in [3.8, 4) is 0 Å². The Hall–Kier alpha value is -1.10. The van der Waals surface area contributed by atoms with Gasteiger partial charge in [-0.25, -0.2) is 0 Å². The Labute approximate surface area is 116 Å². The zero-order valence-corrected chi connectivity index (χ0v) is 12.6. The molecule has 1 aromatic carbocycles. The van der Waals surface area contributed by atoms with Gasteiger partial charge in [0, 0.05) is 35.7 Å². The molecule has 5 heteroatoms. The van der Waals surface area contributed by atoms with Crippen LogP contribution in [-0.4, -0.2) is 17.5 Å². The maximum Gasteiger partial charge on any atom is 0.269 e. The standard InChI is InChI=1S/C13H19BrN2O2/c1-4-10(3)15(5-2)13-7-6-12(16(17)18)8-11(13)9-14/h6-8,10H,4-5,9H2,1-3H3. The number of nitro benzene ring substituents is 1. The van der Waals surface area contributed by atoms with Gasteiger partial charge < -0.3 is 4.90 Å². The van der Waals surface area contributed by atoms with Crippen LogP contribution in [0.25, 0.3) is 0 Å². The molecule has 0 saturated heterocycles. The number of rotatable bonds is 6. The smallest absolute Gasteiger partial charge is 0.269 e. The number of non-ortho nitro benzene ring substituents is 1. The highest BCUT2D eigenvalue weighted by Gasteiger charge is 2.17. The molecule has 0 bridgehead atoms. The predicted octanol–water partition coefficient (Wildman–Crippen LogP) is 4.11. The van der Waals surface area contributed by atoms with Crippen LogP contribution in [-0.2, 0) is 5.33 Å². The van der Waals surface area contributed by atoms with E-state index in [1.54, 1.807) is 12.1 Å². The van der Waals surface area contributed by atoms with Gasteiger partial charge in [0.05, 0.1) is 4.92 Å². The first-order valence-corrected chi connectivity index (χ1v) is 7.27. The number of benzene rings is 1. The molecule has 0 spiro atoms. The predicted molar refractivity (Wildman–Crippen MR) is 78.5 cm³/mol. The summed E-state index contributed by atoms with van der Waals surface area (Å²) in [5.41, 5.74) is 2.19. The van der Waals surface area contributed by atoms with Gasteiger partial charge in [-0.05, 0) is 31.9 Å². The van der Waals surface area contributed by atoms with Crippen molar-refractivity contribution in [2.24, 2.45) is 0 Å². The van der Waals surface area contributed by atoms with Gasteiger partial charge in [-0.2, -0.15) is 0 Å². The summed E-state index contributed by atoms with van der Waals surface area (Å²) in [4.78, 5) is 12.7. The Morgan fingerprint density at radius 1 is 1.44 bits per heavy atom. The zero-order chi connectivity index (χ0) is 13.7. The lowest BCUT2D eigenvalue weighted by molar-refractivity contribution is -0.384. The van der Waals surface area contributed by atoms with Crippen molar-refractivity contribution in [3.63, 3.8) is 0 Å². The fourth-order valence-corrected chi connectivity index (χ4v) is 2.46. The molecule has 0 aliphatic rings. The van der Waals surface area contributed by atoms with Gasteiger partial charge in [-0.15, -0.1) is 0 Å². The van der Waals surface area contributed by atoms with Crippen LogP contribution in [0.5, 0.6) is 0 Å². The summed E-state index contributed by atoms with van der Waals surface area (Å²) in [6, 6.07) is 5.50. The van der Waals surface area contributed by atoms with Gasteiger partial charge in [0.15, 0.2) is 0 Å². The maximum absolute atomic E-state index is 10.8. The molecule has 0 saturated carbocycles. The number of nitro groups is 1. The van der Waals surface area contributed by atoms with E-state index in [0.29, 0.717) is 11.4 Å². The highest BCUT2D eigenvalue weighted by atomic mass is 79.9. The first-order valence-electron chi connectivity index (χ1n) is 6.15. The second-order valence-electron chi connectivity index (χ2n) is 4.25. The van der Waals surface area contributed by atoms with E-state index in [-0.39, 0.29) is 10.6 Å². The summed E-state index contributed by atoms with van der Waals surface area (Å²) in [5.74, 6) is 0. The van der Waals surface area contributed by atoms with Crippen LogP contribution >= 0.6 is 15.9 Å². The molecule has 0 aliphatic carbocycles. The number of halogens is 1. The van der Waals surface area contributed by atoms with Gasteiger partial charge in [-0.1, -0.05) is 22.9 Å². The molecule has 0 N–H and O–H groups in total. The Balaban J connectivity index is 3.18. The van der Waals surface area contributed by atoms with E-state index in [0.717, 1.165) is 24.2 Å². The first kappa shape index (κ1) is 15.0. The number of hydrogen-bond acceptors (Lipinski definition) is 3. The van der Waals surface area contributed by atoms with Crippen LogP contribution in [0.1, 0.15) is 32.8 Å².